The third-order valence-corrected chi connectivity index (χ3v) is 6.39. The molecule has 1 heterocycles. The molecule has 1 aromatic heterocycles. The fraction of sp³-hybridized carbons (Fsp3) is 0.526. The average molecular weight is 378 g/mol. The van der Waals surface area contributed by atoms with Gasteiger partial charge < -0.3 is 9.84 Å². The highest BCUT2D eigenvalue weighted by Crippen LogP contribution is 2.64. The van der Waals surface area contributed by atoms with Crippen molar-refractivity contribution < 1.29 is 12.9 Å². The molecule has 0 amide bonds. The van der Waals surface area contributed by atoms with E-state index in [1.165, 1.54) is 0 Å². The topological polar surface area (TPSA) is 98.2 Å². The molecule has 0 unspecified atom stereocenters. The Hall–Kier alpha value is -1.86. The molecule has 1 aliphatic rings. The quantitative estimate of drug-likeness (QED) is 0.733. The van der Waals surface area contributed by atoms with Crippen LogP contribution in [0.1, 0.15) is 50.9 Å². The summed E-state index contributed by atoms with van der Waals surface area (Å²) in [6, 6.07) is 8.87. The van der Waals surface area contributed by atoms with Crippen LogP contribution in [0.15, 0.2) is 39.8 Å². The van der Waals surface area contributed by atoms with Crippen molar-refractivity contribution in [2.75, 3.05) is 11.9 Å². The minimum atomic E-state index is -3.65. The van der Waals surface area contributed by atoms with Gasteiger partial charge in [0.1, 0.15) is 5.76 Å². The molecule has 0 bridgehead atoms. The van der Waals surface area contributed by atoms with Crippen molar-refractivity contribution in [1.29, 1.82) is 0 Å². The lowest BCUT2D eigenvalue weighted by Crippen LogP contribution is -2.11. The number of aryl methyl sites for hydroxylation is 1. The molecule has 26 heavy (non-hydrogen) atoms. The van der Waals surface area contributed by atoms with Gasteiger partial charge in [0.2, 0.25) is 10.0 Å². The van der Waals surface area contributed by atoms with Crippen molar-refractivity contribution in [1.82, 2.24) is 5.16 Å². The SMILES string of the molecule is CCCCc1cc(NC[C@@H]2[C@@H](c3ccc(S(N)(=O)=O)cc3)C2(C)C)no1. The number of sulfonamides is 1. The molecule has 0 spiro atoms. The first-order valence-corrected chi connectivity index (χ1v) is 10.6. The van der Waals surface area contributed by atoms with E-state index in [0.717, 1.165) is 42.9 Å². The van der Waals surface area contributed by atoms with E-state index in [9.17, 15) is 8.42 Å². The maximum atomic E-state index is 11.4. The van der Waals surface area contributed by atoms with Gasteiger partial charge in [-0.3, -0.25) is 0 Å². The van der Waals surface area contributed by atoms with Gasteiger partial charge in [0, 0.05) is 19.0 Å². The van der Waals surface area contributed by atoms with Gasteiger partial charge in [0.05, 0.1) is 4.90 Å². The highest BCUT2D eigenvalue weighted by molar-refractivity contribution is 7.89. The lowest BCUT2D eigenvalue weighted by Gasteiger charge is -2.04. The number of nitrogens with one attached hydrogen (secondary N) is 1. The molecule has 6 nitrogen and oxygen atoms in total. The van der Waals surface area contributed by atoms with Crippen molar-refractivity contribution in [3.63, 3.8) is 0 Å². The van der Waals surface area contributed by atoms with Gasteiger partial charge in [-0.1, -0.05) is 44.5 Å². The van der Waals surface area contributed by atoms with Gasteiger partial charge in [0.25, 0.3) is 0 Å². The fourth-order valence-corrected chi connectivity index (χ4v) is 4.25. The zero-order valence-corrected chi connectivity index (χ0v) is 16.3. The van der Waals surface area contributed by atoms with Crippen LogP contribution in [0.25, 0.3) is 0 Å². The third-order valence-electron chi connectivity index (χ3n) is 5.46. The van der Waals surface area contributed by atoms with Crippen molar-refractivity contribution in [3.05, 3.63) is 41.7 Å². The number of aromatic nitrogens is 1. The molecule has 3 rings (SSSR count). The van der Waals surface area contributed by atoms with Gasteiger partial charge in [-0.15, -0.1) is 0 Å². The Bertz CT molecular complexity index is 856. The lowest BCUT2D eigenvalue weighted by molar-refractivity contribution is 0.382. The van der Waals surface area contributed by atoms with E-state index in [4.69, 9.17) is 9.66 Å². The molecule has 2 atom stereocenters. The number of hydrogen-bond donors (Lipinski definition) is 2. The van der Waals surface area contributed by atoms with Crippen LogP contribution < -0.4 is 10.5 Å². The van der Waals surface area contributed by atoms with Gasteiger partial charge in [-0.05, 0) is 41.4 Å². The van der Waals surface area contributed by atoms with E-state index in [1.807, 2.05) is 18.2 Å². The van der Waals surface area contributed by atoms with E-state index in [1.54, 1.807) is 12.1 Å². The second-order valence-electron chi connectivity index (χ2n) is 7.68. The van der Waals surface area contributed by atoms with Crippen LogP contribution in [0.3, 0.4) is 0 Å². The summed E-state index contributed by atoms with van der Waals surface area (Å²) in [7, 11) is -3.65. The first kappa shape index (κ1) is 18.9. The van der Waals surface area contributed by atoms with Crippen LogP contribution in [0.4, 0.5) is 5.82 Å². The van der Waals surface area contributed by atoms with Crippen molar-refractivity contribution in [2.45, 2.75) is 50.8 Å². The Balaban J connectivity index is 1.62. The van der Waals surface area contributed by atoms with E-state index in [-0.39, 0.29) is 10.3 Å². The van der Waals surface area contributed by atoms with Crippen LogP contribution in [-0.4, -0.2) is 20.1 Å². The Morgan fingerprint density at radius 3 is 2.58 bits per heavy atom. The highest BCUT2D eigenvalue weighted by Gasteiger charge is 2.57. The predicted octanol–water partition coefficient (Wildman–Crippen LogP) is 3.52. The zero-order chi connectivity index (χ0) is 18.9. The molecule has 1 aliphatic carbocycles. The maximum Gasteiger partial charge on any atom is 0.238 e. The summed E-state index contributed by atoms with van der Waals surface area (Å²) in [5, 5.41) is 12.6. The fourth-order valence-electron chi connectivity index (χ4n) is 3.73. The first-order valence-electron chi connectivity index (χ1n) is 9.05. The molecular weight excluding hydrogens is 350 g/mol. The first-order chi connectivity index (χ1) is 12.2. The molecule has 1 saturated carbocycles. The molecule has 1 aromatic carbocycles. The summed E-state index contributed by atoms with van der Waals surface area (Å²) in [5.74, 6) is 2.51. The number of hydrogen-bond acceptors (Lipinski definition) is 5. The van der Waals surface area contributed by atoms with Crippen LogP contribution in [0, 0.1) is 11.3 Å². The molecule has 142 valence electrons. The minimum Gasteiger partial charge on any atom is -0.367 e. The summed E-state index contributed by atoms with van der Waals surface area (Å²) in [4.78, 5) is 0.150. The number of nitrogens with zero attached hydrogens (tertiary/aromatic N) is 1. The highest BCUT2D eigenvalue weighted by atomic mass is 32.2. The zero-order valence-electron chi connectivity index (χ0n) is 15.5. The number of nitrogens with two attached hydrogens (primary N) is 1. The molecule has 2 aromatic rings. The van der Waals surface area contributed by atoms with Crippen LogP contribution >= 0.6 is 0 Å². The van der Waals surface area contributed by atoms with Gasteiger partial charge >= 0.3 is 0 Å². The van der Waals surface area contributed by atoms with Gasteiger partial charge in [0.15, 0.2) is 5.82 Å². The lowest BCUT2D eigenvalue weighted by atomic mass is 10.0. The second kappa shape index (κ2) is 7.04. The van der Waals surface area contributed by atoms with Crippen LogP contribution in [0.2, 0.25) is 0 Å². The summed E-state index contributed by atoms with van der Waals surface area (Å²) in [6.45, 7) is 7.41. The van der Waals surface area contributed by atoms with Crippen LogP contribution in [-0.2, 0) is 16.4 Å². The van der Waals surface area contributed by atoms with E-state index >= 15 is 0 Å². The van der Waals surface area contributed by atoms with Gasteiger partial charge in [-0.25, -0.2) is 13.6 Å². The van der Waals surface area contributed by atoms with Crippen molar-refractivity contribution in [3.8, 4) is 0 Å². The number of primary sulfonamides is 1. The summed E-state index contributed by atoms with van der Waals surface area (Å²) in [6.07, 6.45) is 3.14. The third kappa shape index (κ3) is 3.94. The van der Waals surface area contributed by atoms with Crippen LogP contribution in [0.5, 0.6) is 0 Å². The van der Waals surface area contributed by atoms with Gasteiger partial charge in [-0.2, -0.15) is 0 Å². The Labute approximate surface area is 155 Å². The number of anilines is 1. The monoisotopic (exact) mass is 377 g/mol. The minimum absolute atomic E-state index is 0.144. The molecule has 0 saturated heterocycles. The number of rotatable bonds is 8. The second-order valence-corrected chi connectivity index (χ2v) is 9.24. The Morgan fingerprint density at radius 1 is 1.27 bits per heavy atom. The van der Waals surface area contributed by atoms with E-state index in [0.29, 0.717) is 11.8 Å². The molecular formula is C19H27N3O3S. The number of benzene rings is 1. The summed E-state index contributed by atoms with van der Waals surface area (Å²) >= 11 is 0. The molecule has 0 aliphatic heterocycles. The predicted molar refractivity (Wildman–Crippen MR) is 101 cm³/mol. The summed E-state index contributed by atoms with van der Waals surface area (Å²) in [5.41, 5.74) is 1.28. The van der Waals surface area contributed by atoms with Crippen molar-refractivity contribution in [2.24, 2.45) is 16.5 Å². The smallest absolute Gasteiger partial charge is 0.238 e. The number of unbranched alkanes of at least 4 members (excludes halogenated alkanes) is 1. The summed E-state index contributed by atoms with van der Waals surface area (Å²) < 4.78 is 28.1. The largest absolute Gasteiger partial charge is 0.367 e. The van der Waals surface area contributed by atoms with Crippen molar-refractivity contribution >= 4 is 15.8 Å². The Morgan fingerprint density at radius 2 is 1.96 bits per heavy atom. The maximum absolute atomic E-state index is 11.4. The molecule has 3 N–H and O–H groups in total. The average Bonchev–Trinajstić information content (AvgIpc) is 2.92. The van der Waals surface area contributed by atoms with E-state index in [2.05, 4.69) is 31.2 Å². The Kier molecular flexibility index (Phi) is 5.12. The van der Waals surface area contributed by atoms with E-state index < -0.39 is 10.0 Å². The normalized spacial score (nSPS) is 21.5. The molecule has 1 fully saturated rings. The molecule has 7 heteroatoms. The standard InChI is InChI=1S/C19H27N3O3S/c1-4-5-6-14-11-17(22-25-14)21-12-16-18(19(16,2)3)13-7-9-15(10-8-13)26(20,23)24/h7-11,16,18H,4-6,12H2,1-3H3,(H,21,22)(H2,20,23,24)/t16-,18-/m1/s1. The molecule has 0 radical (unpaired) electrons.